The number of hydrogen-bond acceptors (Lipinski definition) is 10. The minimum atomic E-state index is -2.84. The molecule has 0 saturated carbocycles. The van der Waals surface area contributed by atoms with Gasteiger partial charge in [-0.25, -0.2) is 28.7 Å². The lowest BCUT2D eigenvalue weighted by atomic mass is 9.92. The van der Waals surface area contributed by atoms with Gasteiger partial charge in [-0.05, 0) is 65.8 Å². The summed E-state index contributed by atoms with van der Waals surface area (Å²) in [5.74, 6) is -0.159. The average Bonchev–Trinajstić information content (AvgIpc) is 3.82. The molecule has 2 aromatic carbocycles. The lowest BCUT2D eigenvalue weighted by molar-refractivity contribution is 0.112. The largest absolute Gasteiger partial charge is 0.392 e. The van der Waals surface area contributed by atoms with E-state index in [1.165, 1.54) is 11.3 Å². The number of carbonyl (C=O) groups is 1. The predicted molar refractivity (Wildman–Crippen MR) is 177 cm³/mol. The average molecular weight is 650 g/mol. The zero-order valence-corrected chi connectivity index (χ0v) is 26.2. The smallest absolute Gasteiger partial charge is 0.297 e. The molecule has 2 aliphatic heterocycles. The van der Waals surface area contributed by atoms with Crippen molar-refractivity contribution in [2.45, 2.75) is 38.8 Å². The highest BCUT2D eigenvalue weighted by molar-refractivity contribution is 7.21. The maximum Gasteiger partial charge on any atom is 0.297 e. The molecule has 2 aliphatic rings. The lowest BCUT2D eigenvalue weighted by Crippen LogP contribution is -2.21. The summed E-state index contributed by atoms with van der Waals surface area (Å²) in [5.41, 5.74) is 9.02. The Morgan fingerprint density at radius 1 is 1.00 bits per heavy atom. The molecule has 6 aromatic rings. The highest BCUT2D eigenvalue weighted by Crippen LogP contribution is 2.43. The Labute approximate surface area is 272 Å². The van der Waals surface area contributed by atoms with Crippen LogP contribution in [0.5, 0.6) is 0 Å². The molecule has 0 bridgehead atoms. The number of anilines is 2. The van der Waals surface area contributed by atoms with Crippen LogP contribution >= 0.6 is 11.3 Å². The summed E-state index contributed by atoms with van der Waals surface area (Å²) in [6.07, 6.45) is 2.30. The van der Waals surface area contributed by atoms with Crippen molar-refractivity contribution in [2.24, 2.45) is 0 Å². The van der Waals surface area contributed by atoms with Crippen molar-refractivity contribution < 1.29 is 18.7 Å². The zero-order chi connectivity index (χ0) is 32.2. The highest BCUT2D eigenvalue weighted by Gasteiger charge is 2.29. The number of thiazole rings is 1. The molecule has 236 valence electrons. The predicted octanol–water partition coefficient (Wildman–Crippen LogP) is 6.68. The van der Waals surface area contributed by atoms with Crippen LogP contribution < -0.4 is 4.90 Å². The van der Waals surface area contributed by atoms with Crippen LogP contribution in [0.1, 0.15) is 45.7 Å². The van der Waals surface area contributed by atoms with E-state index in [2.05, 4.69) is 38.9 Å². The molecule has 0 amide bonds. The van der Waals surface area contributed by atoms with Crippen molar-refractivity contribution in [2.75, 3.05) is 24.5 Å². The van der Waals surface area contributed by atoms with Gasteiger partial charge in [0.1, 0.15) is 20.9 Å². The highest BCUT2D eigenvalue weighted by atomic mass is 32.1. The van der Waals surface area contributed by atoms with Gasteiger partial charge in [-0.15, -0.1) is 0 Å². The van der Waals surface area contributed by atoms with Crippen LogP contribution in [0.2, 0.25) is 0 Å². The van der Waals surface area contributed by atoms with E-state index in [9.17, 15) is 18.7 Å². The molecule has 0 unspecified atom stereocenters. The maximum absolute atomic E-state index is 14.1. The van der Waals surface area contributed by atoms with E-state index in [1.807, 2.05) is 35.2 Å². The van der Waals surface area contributed by atoms with Crippen LogP contribution in [0.15, 0.2) is 60.9 Å². The van der Waals surface area contributed by atoms with E-state index in [0.29, 0.717) is 60.4 Å². The number of nitrogens with zero attached hydrogens (tertiary/aromatic N) is 7. The van der Waals surface area contributed by atoms with Crippen LogP contribution in [0, 0.1) is 6.92 Å². The first-order valence-corrected chi connectivity index (χ1v) is 16.2. The Hall–Kier alpha value is -4.78. The topological polar surface area (TPSA) is 108 Å². The molecule has 1 fully saturated rings. The van der Waals surface area contributed by atoms with E-state index in [-0.39, 0.29) is 6.10 Å². The van der Waals surface area contributed by atoms with Crippen molar-refractivity contribution in [1.29, 1.82) is 0 Å². The molecule has 8 rings (SSSR count). The number of aromatic nitrogens is 5. The van der Waals surface area contributed by atoms with E-state index < -0.39 is 12.2 Å². The molecule has 47 heavy (non-hydrogen) atoms. The SMILES string of the molecule is Cc1c(-c2nc3cc(C=O)cnc3s2)cccc1-c1cccc2c1CCN2c1nc(C(F)F)nc2cc(CN3CC[C@@H](O)C3)cnc12. The van der Waals surface area contributed by atoms with Gasteiger partial charge >= 0.3 is 0 Å². The van der Waals surface area contributed by atoms with Gasteiger partial charge in [0.05, 0.1) is 11.6 Å². The number of hydrogen-bond donors (Lipinski definition) is 1. The number of rotatable bonds is 7. The van der Waals surface area contributed by atoms with Gasteiger partial charge in [0, 0.05) is 55.4 Å². The van der Waals surface area contributed by atoms with E-state index in [0.717, 1.165) is 61.7 Å². The van der Waals surface area contributed by atoms with Gasteiger partial charge in [-0.3, -0.25) is 14.7 Å². The Bertz CT molecular complexity index is 2190. The third kappa shape index (κ3) is 5.32. The second-order valence-corrected chi connectivity index (χ2v) is 13.0. The number of fused-ring (bicyclic) bond motifs is 3. The monoisotopic (exact) mass is 649 g/mol. The number of likely N-dealkylation sites (tertiary alicyclic amines) is 1. The summed E-state index contributed by atoms with van der Waals surface area (Å²) >= 11 is 1.48. The number of alkyl halides is 2. The third-order valence-electron chi connectivity index (χ3n) is 8.98. The van der Waals surface area contributed by atoms with Crippen LogP contribution in [-0.4, -0.2) is 67.0 Å². The standard InChI is InChI=1S/C35H29F2N7O2S/c1-19-23(4-2-5-24(19)34-41-28-13-21(18-45)15-39-35(28)47-34)25-6-3-7-29-26(25)9-11-44(29)33-30-27(40-32(42-33)31(36)37)12-20(14-38-30)16-43-10-8-22(46)17-43/h2-7,12-15,18,22,31,46H,8-11,16-17H2,1H3/t22-/m1/s1. The van der Waals surface area contributed by atoms with E-state index >= 15 is 0 Å². The van der Waals surface area contributed by atoms with Gasteiger partial charge in [0.15, 0.2) is 17.9 Å². The Morgan fingerprint density at radius 3 is 2.64 bits per heavy atom. The molecule has 9 nitrogen and oxygen atoms in total. The minimum absolute atomic E-state index is 0.350. The number of aliphatic hydroxyl groups excluding tert-OH is 1. The van der Waals surface area contributed by atoms with Gasteiger partial charge < -0.3 is 10.0 Å². The van der Waals surface area contributed by atoms with Crippen molar-refractivity contribution >= 4 is 50.5 Å². The summed E-state index contributed by atoms with van der Waals surface area (Å²) in [6, 6.07) is 15.8. The molecular weight excluding hydrogens is 620 g/mol. The fourth-order valence-corrected chi connectivity index (χ4v) is 7.71. The molecule has 0 aliphatic carbocycles. The van der Waals surface area contributed by atoms with Gasteiger partial charge in [0.25, 0.3) is 6.43 Å². The molecule has 0 radical (unpaired) electrons. The number of aldehydes is 1. The number of β-amino-alcohol motifs (C(OH)–C–C–N with tert-alkyl or cyclic N) is 1. The third-order valence-corrected chi connectivity index (χ3v) is 10.00. The van der Waals surface area contributed by atoms with Gasteiger partial charge in [-0.2, -0.15) is 0 Å². The summed E-state index contributed by atoms with van der Waals surface area (Å²) < 4.78 is 28.2. The summed E-state index contributed by atoms with van der Waals surface area (Å²) in [4.78, 5) is 38.6. The van der Waals surface area contributed by atoms with Crippen molar-refractivity contribution in [1.82, 2.24) is 29.8 Å². The zero-order valence-electron chi connectivity index (χ0n) is 25.4. The van der Waals surface area contributed by atoms with Crippen LogP contribution in [0.3, 0.4) is 0 Å². The van der Waals surface area contributed by atoms with Crippen LogP contribution in [-0.2, 0) is 13.0 Å². The molecule has 1 saturated heterocycles. The second kappa shape index (κ2) is 11.8. The van der Waals surface area contributed by atoms with E-state index in [1.54, 1.807) is 18.5 Å². The summed E-state index contributed by atoms with van der Waals surface area (Å²) in [6.45, 7) is 4.53. The molecule has 12 heteroatoms. The summed E-state index contributed by atoms with van der Waals surface area (Å²) in [7, 11) is 0. The number of halogens is 2. The summed E-state index contributed by atoms with van der Waals surface area (Å²) in [5, 5.41) is 10.7. The lowest BCUT2D eigenvalue weighted by Gasteiger charge is -2.21. The molecule has 1 atom stereocenters. The fourth-order valence-electron chi connectivity index (χ4n) is 6.73. The first-order valence-electron chi connectivity index (χ1n) is 15.4. The Morgan fingerprint density at radius 2 is 1.83 bits per heavy atom. The van der Waals surface area contributed by atoms with Crippen molar-refractivity contribution in [3.8, 4) is 21.7 Å². The van der Waals surface area contributed by atoms with E-state index in [4.69, 9.17) is 9.97 Å². The number of aliphatic hydroxyl groups is 1. The maximum atomic E-state index is 14.1. The van der Waals surface area contributed by atoms with Gasteiger partial charge in [-0.1, -0.05) is 41.7 Å². The number of benzene rings is 2. The second-order valence-electron chi connectivity index (χ2n) is 12.0. The van der Waals surface area contributed by atoms with Crippen molar-refractivity contribution in [3.63, 3.8) is 0 Å². The fraction of sp³-hybridized carbons (Fsp3) is 0.257. The molecular formula is C35H29F2N7O2S. The molecule has 1 N–H and O–H groups in total. The van der Waals surface area contributed by atoms with Crippen molar-refractivity contribution in [3.05, 3.63) is 89.0 Å². The quantitative estimate of drug-likeness (QED) is 0.190. The first-order chi connectivity index (χ1) is 22.9. The molecule has 0 spiro atoms. The Balaban J connectivity index is 1.18. The first kappa shape index (κ1) is 29.6. The minimum Gasteiger partial charge on any atom is -0.392 e. The molecule has 4 aromatic heterocycles. The normalized spacial score (nSPS) is 16.5. The van der Waals surface area contributed by atoms with Crippen LogP contribution in [0.4, 0.5) is 20.3 Å². The number of pyridine rings is 2. The van der Waals surface area contributed by atoms with Gasteiger partial charge in [0.2, 0.25) is 0 Å². The molecule has 6 heterocycles. The van der Waals surface area contributed by atoms with Crippen LogP contribution in [0.25, 0.3) is 43.1 Å². The Kier molecular flexibility index (Phi) is 7.42. The number of carbonyl (C=O) groups excluding carboxylic acids is 1.